The lowest BCUT2D eigenvalue weighted by Crippen LogP contribution is -2.20. The smallest absolute Gasteiger partial charge is 0.270 e. The summed E-state index contributed by atoms with van der Waals surface area (Å²) >= 11 is 3.34. The summed E-state index contributed by atoms with van der Waals surface area (Å²) < 4.78 is 6.52. The summed E-state index contributed by atoms with van der Waals surface area (Å²) in [5.41, 5.74) is 0.934. The van der Waals surface area contributed by atoms with Crippen molar-refractivity contribution in [1.82, 2.24) is 0 Å². The van der Waals surface area contributed by atoms with Crippen LogP contribution in [0.5, 0.6) is 0 Å². The molecule has 0 aromatic heterocycles. The number of nitro groups is 1. The minimum absolute atomic E-state index is 0.0841. The minimum Gasteiger partial charge on any atom is -0.382 e. The minimum atomic E-state index is -0.402. The van der Waals surface area contributed by atoms with Crippen LogP contribution in [-0.2, 0) is 4.74 Å². The van der Waals surface area contributed by atoms with Crippen LogP contribution in [0, 0.1) is 10.1 Å². The molecule has 110 valence electrons. The van der Waals surface area contributed by atoms with Crippen LogP contribution in [-0.4, -0.2) is 24.2 Å². The standard InChI is InChI=1S/C14H19BrN2O3/c15-13-10-11(17(18)19)6-7-14(13)16-8-9-20-12-4-2-1-3-5-12/h6-7,10,12,16H,1-5,8-9H2. The normalized spacial score (nSPS) is 16.1. The Hall–Kier alpha value is -1.14. The zero-order valence-electron chi connectivity index (χ0n) is 11.3. The van der Waals surface area contributed by atoms with Crippen LogP contribution in [0.1, 0.15) is 32.1 Å². The number of nitrogens with one attached hydrogen (secondary N) is 1. The molecule has 0 saturated heterocycles. The Morgan fingerprint density at radius 2 is 2.10 bits per heavy atom. The van der Waals surface area contributed by atoms with E-state index in [1.54, 1.807) is 6.07 Å². The van der Waals surface area contributed by atoms with Crippen LogP contribution in [0.3, 0.4) is 0 Å². The number of nitrogens with zero attached hydrogens (tertiary/aromatic N) is 1. The number of nitro benzene ring substituents is 1. The summed E-state index contributed by atoms with van der Waals surface area (Å²) in [5, 5.41) is 13.9. The Morgan fingerprint density at radius 3 is 2.75 bits per heavy atom. The topological polar surface area (TPSA) is 64.4 Å². The van der Waals surface area contributed by atoms with Gasteiger partial charge in [0, 0.05) is 28.8 Å². The molecule has 1 aliphatic carbocycles. The van der Waals surface area contributed by atoms with Crippen molar-refractivity contribution in [3.8, 4) is 0 Å². The lowest BCUT2D eigenvalue weighted by Gasteiger charge is -2.22. The van der Waals surface area contributed by atoms with Crippen LogP contribution < -0.4 is 5.32 Å². The molecule has 6 heteroatoms. The molecule has 1 N–H and O–H groups in total. The van der Waals surface area contributed by atoms with Gasteiger partial charge in [0.05, 0.1) is 17.6 Å². The molecule has 1 aliphatic rings. The second-order valence-electron chi connectivity index (χ2n) is 4.98. The van der Waals surface area contributed by atoms with Crippen LogP contribution in [0.15, 0.2) is 22.7 Å². The second-order valence-corrected chi connectivity index (χ2v) is 5.83. The molecule has 0 unspecified atom stereocenters. The molecule has 0 radical (unpaired) electrons. The fraction of sp³-hybridized carbons (Fsp3) is 0.571. The summed E-state index contributed by atoms with van der Waals surface area (Å²) in [4.78, 5) is 10.2. The molecule has 1 aromatic carbocycles. The summed E-state index contributed by atoms with van der Waals surface area (Å²) in [6, 6.07) is 4.71. The molecule has 20 heavy (non-hydrogen) atoms. The van der Waals surface area contributed by atoms with E-state index in [-0.39, 0.29) is 5.69 Å². The number of rotatable bonds is 6. The SMILES string of the molecule is O=[N+]([O-])c1ccc(NCCOC2CCCCC2)c(Br)c1. The van der Waals surface area contributed by atoms with Crippen LogP contribution in [0.4, 0.5) is 11.4 Å². The van der Waals surface area contributed by atoms with E-state index in [9.17, 15) is 10.1 Å². The number of hydrogen-bond donors (Lipinski definition) is 1. The number of anilines is 1. The van der Waals surface area contributed by atoms with Gasteiger partial charge in [-0.2, -0.15) is 0 Å². The highest BCUT2D eigenvalue weighted by Gasteiger charge is 2.13. The summed E-state index contributed by atoms with van der Waals surface area (Å²) in [5.74, 6) is 0. The summed E-state index contributed by atoms with van der Waals surface area (Å²) in [6.45, 7) is 1.36. The maximum Gasteiger partial charge on any atom is 0.270 e. The third-order valence-electron chi connectivity index (χ3n) is 3.49. The van der Waals surface area contributed by atoms with E-state index in [2.05, 4.69) is 21.2 Å². The molecule has 0 amide bonds. The maximum absolute atomic E-state index is 10.6. The van der Waals surface area contributed by atoms with Crippen LogP contribution >= 0.6 is 15.9 Å². The molecule has 2 rings (SSSR count). The van der Waals surface area contributed by atoms with E-state index in [1.807, 2.05) is 0 Å². The third-order valence-corrected chi connectivity index (χ3v) is 4.14. The van der Waals surface area contributed by atoms with E-state index >= 15 is 0 Å². The van der Waals surface area contributed by atoms with Crippen molar-refractivity contribution < 1.29 is 9.66 Å². The van der Waals surface area contributed by atoms with E-state index in [0.29, 0.717) is 23.7 Å². The highest BCUT2D eigenvalue weighted by Crippen LogP contribution is 2.27. The molecule has 1 saturated carbocycles. The number of hydrogen-bond acceptors (Lipinski definition) is 4. The number of halogens is 1. The monoisotopic (exact) mass is 342 g/mol. The number of non-ortho nitro benzene ring substituents is 1. The molecular formula is C14H19BrN2O3. The molecule has 0 bridgehead atoms. The molecule has 5 nitrogen and oxygen atoms in total. The van der Waals surface area contributed by atoms with Gasteiger partial charge in [0.1, 0.15) is 0 Å². The third kappa shape index (κ3) is 4.45. The van der Waals surface area contributed by atoms with E-state index in [0.717, 1.165) is 5.69 Å². The van der Waals surface area contributed by atoms with Gasteiger partial charge < -0.3 is 10.1 Å². The van der Waals surface area contributed by atoms with Gasteiger partial charge in [0.25, 0.3) is 5.69 Å². The molecule has 1 fully saturated rings. The average molecular weight is 343 g/mol. The molecule has 0 heterocycles. The molecular weight excluding hydrogens is 324 g/mol. The Balaban J connectivity index is 1.74. The van der Waals surface area contributed by atoms with Crippen molar-refractivity contribution in [2.45, 2.75) is 38.2 Å². The predicted molar refractivity (Wildman–Crippen MR) is 82.1 cm³/mol. The first kappa shape index (κ1) is 15.3. The predicted octanol–water partition coefficient (Wildman–Crippen LogP) is 4.12. The lowest BCUT2D eigenvalue weighted by atomic mass is 9.98. The first-order valence-electron chi connectivity index (χ1n) is 6.96. The van der Waals surface area contributed by atoms with Crippen molar-refractivity contribution in [3.05, 3.63) is 32.8 Å². The largest absolute Gasteiger partial charge is 0.382 e. The Kier molecular flexibility index (Phi) is 5.79. The van der Waals surface area contributed by atoms with E-state index in [1.165, 1.54) is 44.2 Å². The van der Waals surface area contributed by atoms with Crippen molar-refractivity contribution >= 4 is 27.3 Å². The van der Waals surface area contributed by atoms with Gasteiger partial charge >= 0.3 is 0 Å². The van der Waals surface area contributed by atoms with Gasteiger partial charge in [0.2, 0.25) is 0 Å². The average Bonchev–Trinajstić information content (AvgIpc) is 2.46. The van der Waals surface area contributed by atoms with Gasteiger partial charge in [-0.3, -0.25) is 10.1 Å². The number of benzene rings is 1. The molecule has 0 aliphatic heterocycles. The van der Waals surface area contributed by atoms with Crippen molar-refractivity contribution in [2.75, 3.05) is 18.5 Å². The van der Waals surface area contributed by atoms with Crippen LogP contribution in [0.2, 0.25) is 0 Å². The zero-order chi connectivity index (χ0) is 14.4. The van der Waals surface area contributed by atoms with Crippen molar-refractivity contribution in [1.29, 1.82) is 0 Å². The highest BCUT2D eigenvalue weighted by atomic mass is 79.9. The molecule has 1 aromatic rings. The summed E-state index contributed by atoms with van der Waals surface area (Å²) in [7, 11) is 0. The number of ether oxygens (including phenoxy) is 1. The Morgan fingerprint density at radius 1 is 1.35 bits per heavy atom. The maximum atomic E-state index is 10.6. The van der Waals surface area contributed by atoms with E-state index < -0.39 is 4.92 Å². The fourth-order valence-electron chi connectivity index (χ4n) is 2.40. The molecule has 0 spiro atoms. The van der Waals surface area contributed by atoms with Gasteiger partial charge in [0.15, 0.2) is 0 Å². The van der Waals surface area contributed by atoms with Crippen molar-refractivity contribution in [3.63, 3.8) is 0 Å². The Labute approximate surface area is 127 Å². The first-order chi connectivity index (χ1) is 9.66. The zero-order valence-corrected chi connectivity index (χ0v) is 12.9. The van der Waals surface area contributed by atoms with Crippen molar-refractivity contribution in [2.24, 2.45) is 0 Å². The van der Waals surface area contributed by atoms with Gasteiger partial charge in [-0.15, -0.1) is 0 Å². The molecule has 0 atom stereocenters. The quantitative estimate of drug-likeness (QED) is 0.479. The fourth-order valence-corrected chi connectivity index (χ4v) is 2.91. The lowest BCUT2D eigenvalue weighted by molar-refractivity contribution is -0.384. The first-order valence-corrected chi connectivity index (χ1v) is 7.75. The second kappa shape index (κ2) is 7.59. The van der Waals surface area contributed by atoms with Gasteiger partial charge in [-0.05, 0) is 34.8 Å². The van der Waals surface area contributed by atoms with Gasteiger partial charge in [-0.25, -0.2) is 0 Å². The van der Waals surface area contributed by atoms with Crippen LogP contribution in [0.25, 0.3) is 0 Å². The van der Waals surface area contributed by atoms with Gasteiger partial charge in [-0.1, -0.05) is 19.3 Å². The highest BCUT2D eigenvalue weighted by molar-refractivity contribution is 9.10. The van der Waals surface area contributed by atoms with E-state index in [4.69, 9.17) is 4.74 Å². The summed E-state index contributed by atoms with van der Waals surface area (Å²) in [6.07, 6.45) is 6.61. The Bertz CT molecular complexity index is 462.